The molecule has 2 aliphatic rings. The maximum atomic E-state index is 5.59. The fraction of sp³-hybridized carbons (Fsp3) is 0.500. The van der Waals surface area contributed by atoms with Gasteiger partial charge in [0.15, 0.2) is 11.5 Å². The minimum atomic E-state index is 0.328. The molecule has 1 fully saturated rings. The molecular weight excluding hydrogens is 206 g/mol. The predicted molar refractivity (Wildman–Crippen MR) is 58.7 cm³/mol. The van der Waals surface area contributed by atoms with Crippen molar-refractivity contribution < 1.29 is 14.2 Å². The standard InChI is InChI=1S/C12H15NO3/c1-2-11-12(16-9-15-11)7-10(1)8-14-6-5-13-3-4-13/h1-2,7H,3-6,8-9H2. The largest absolute Gasteiger partial charge is 0.454 e. The molecule has 0 unspecified atom stereocenters. The van der Waals surface area contributed by atoms with Gasteiger partial charge in [0.25, 0.3) is 0 Å². The van der Waals surface area contributed by atoms with Gasteiger partial charge in [-0.25, -0.2) is 0 Å². The van der Waals surface area contributed by atoms with Gasteiger partial charge in [-0.15, -0.1) is 0 Å². The topological polar surface area (TPSA) is 30.7 Å². The van der Waals surface area contributed by atoms with Gasteiger partial charge >= 0.3 is 0 Å². The van der Waals surface area contributed by atoms with Gasteiger partial charge in [0.05, 0.1) is 13.2 Å². The van der Waals surface area contributed by atoms with E-state index < -0.39 is 0 Å². The fourth-order valence-corrected chi connectivity index (χ4v) is 1.71. The molecule has 0 aliphatic carbocycles. The van der Waals surface area contributed by atoms with E-state index in [2.05, 4.69) is 4.90 Å². The number of fused-ring (bicyclic) bond motifs is 1. The summed E-state index contributed by atoms with van der Waals surface area (Å²) in [4.78, 5) is 2.35. The van der Waals surface area contributed by atoms with Crippen molar-refractivity contribution in [1.29, 1.82) is 0 Å². The highest BCUT2D eigenvalue weighted by atomic mass is 16.7. The van der Waals surface area contributed by atoms with E-state index in [1.54, 1.807) is 0 Å². The smallest absolute Gasteiger partial charge is 0.231 e. The Morgan fingerprint density at radius 3 is 2.94 bits per heavy atom. The third kappa shape index (κ3) is 2.28. The van der Waals surface area contributed by atoms with E-state index in [9.17, 15) is 0 Å². The van der Waals surface area contributed by atoms with Crippen LogP contribution in [0, 0.1) is 0 Å². The van der Waals surface area contributed by atoms with E-state index in [4.69, 9.17) is 14.2 Å². The summed E-state index contributed by atoms with van der Waals surface area (Å²) in [7, 11) is 0. The van der Waals surface area contributed by atoms with Gasteiger partial charge < -0.3 is 14.2 Å². The van der Waals surface area contributed by atoms with E-state index in [-0.39, 0.29) is 0 Å². The number of hydrogen-bond acceptors (Lipinski definition) is 4. The number of hydrogen-bond donors (Lipinski definition) is 0. The Bertz CT molecular complexity index is 377. The molecule has 0 N–H and O–H groups in total. The molecule has 2 aliphatic heterocycles. The van der Waals surface area contributed by atoms with Crippen molar-refractivity contribution in [3.63, 3.8) is 0 Å². The van der Waals surface area contributed by atoms with Crippen molar-refractivity contribution >= 4 is 0 Å². The number of nitrogens with zero attached hydrogens (tertiary/aromatic N) is 1. The minimum Gasteiger partial charge on any atom is -0.454 e. The van der Waals surface area contributed by atoms with E-state index in [1.807, 2.05) is 18.2 Å². The van der Waals surface area contributed by atoms with E-state index in [0.717, 1.165) is 30.2 Å². The van der Waals surface area contributed by atoms with Gasteiger partial charge in [0.2, 0.25) is 6.79 Å². The predicted octanol–water partition coefficient (Wildman–Crippen LogP) is 1.25. The summed E-state index contributed by atoms with van der Waals surface area (Å²) in [6, 6.07) is 5.94. The van der Waals surface area contributed by atoms with Crippen LogP contribution in [0.4, 0.5) is 0 Å². The zero-order valence-corrected chi connectivity index (χ0v) is 9.15. The van der Waals surface area contributed by atoms with E-state index in [0.29, 0.717) is 13.4 Å². The van der Waals surface area contributed by atoms with Crippen LogP contribution in [0.2, 0.25) is 0 Å². The first-order valence-corrected chi connectivity index (χ1v) is 5.60. The molecule has 0 amide bonds. The molecule has 0 atom stereocenters. The molecule has 2 heterocycles. The number of rotatable bonds is 5. The summed E-state index contributed by atoms with van der Waals surface area (Å²) in [6.45, 7) is 5.28. The lowest BCUT2D eigenvalue weighted by Crippen LogP contribution is -2.07. The van der Waals surface area contributed by atoms with Gasteiger partial charge in [-0.2, -0.15) is 0 Å². The monoisotopic (exact) mass is 221 g/mol. The molecule has 4 nitrogen and oxygen atoms in total. The second-order valence-electron chi connectivity index (χ2n) is 4.08. The summed E-state index contributed by atoms with van der Waals surface area (Å²) in [6.07, 6.45) is 0. The van der Waals surface area contributed by atoms with Crippen molar-refractivity contribution in [2.45, 2.75) is 6.61 Å². The van der Waals surface area contributed by atoms with Crippen LogP contribution in [-0.2, 0) is 11.3 Å². The van der Waals surface area contributed by atoms with Crippen molar-refractivity contribution in [2.75, 3.05) is 33.0 Å². The Balaban J connectivity index is 1.49. The van der Waals surface area contributed by atoms with E-state index >= 15 is 0 Å². The molecule has 0 radical (unpaired) electrons. The van der Waals surface area contributed by atoms with Crippen LogP contribution in [0.15, 0.2) is 18.2 Å². The van der Waals surface area contributed by atoms with Crippen LogP contribution >= 0.6 is 0 Å². The van der Waals surface area contributed by atoms with Crippen molar-refractivity contribution in [3.8, 4) is 11.5 Å². The van der Waals surface area contributed by atoms with Crippen LogP contribution in [0.5, 0.6) is 11.5 Å². The molecule has 1 aromatic rings. The molecular formula is C12H15NO3. The quantitative estimate of drug-likeness (QED) is 0.553. The Labute approximate surface area is 94.7 Å². The fourth-order valence-electron chi connectivity index (χ4n) is 1.71. The van der Waals surface area contributed by atoms with Crippen LogP contribution < -0.4 is 9.47 Å². The highest BCUT2D eigenvalue weighted by Gasteiger charge is 2.16. The van der Waals surface area contributed by atoms with Crippen LogP contribution in [0.25, 0.3) is 0 Å². The highest BCUT2D eigenvalue weighted by Crippen LogP contribution is 2.32. The maximum absolute atomic E-state index is 5.59. The van der Waals surface area contributed by atoms with Gasteiger partial charge in [-0.1, -0.05) is 6.07 Å². The lowest BCUT2D eigenvalue weighted by molar-refractivity contribution is 0.114. The van der Waals surface area contributed by atoms with Crippen LogP contribution in [0.3, 0.4) is 0 Å². The van der Waals surface area contributed by atoms with Crippen molar-refractivity contribution in [1.82, 2.24) is 4.90 Å². The summed E-state index contributed by atoms with van der Waals surface area (Å²) in [5.41, 5.74) is 1.13. The zero-order chi connectivity index (χ0) is 10.8. The molecule has 0 bridgehead atoms. The Kier molecular flexibility index (Phi) is 2.68. The molecule has 16 heavy (non-hydrogen) atoms. The first-order chi connectivity index (χ1) is 7.92. The van der Waals surface area contributed by atoms with Crippen molar-refractivity contribution in [2.24, 2.45) is 0 Å². The Hall–Kier alpha value is -1.26. The third-order valence-electron chi connectivity index (χ3n) is 2.80. The molecule has 0 spiro atoms. The molecule has 4 heteroatoms. The molecule has 3 rings (SSSR count). The molecule has 86 valence electrons. The number of benzene rings is 1. The van der Waals surface area contributed by atoms with Gasteiger partial charge in [-0.3, -0.25) is 4.90 Å². The highest BCUT2D eigenvalue weighted by molar-refractivity contribution is 5.44. The SMILES string of the molecule is c1cc2c(cc1COCCN1CC1)OCO2. The van der Waals surface area contributed by atoms with Gasteiger partial charge in [-0.05, 0) is 17.7 Å². The Morgan fingerprint density at radius 2 is 2.06 bits per heavy atom. The van der Waals surface area contributed by atoms with Gasteiger partial charge in [0, 0.05) is 19.6 Å². The molecule has 1 aromatic carbocycles. The minimum absolute atomic E-state index is 0.328. The second-order valence-corrected chi connectivity index (χ2v) is 4.08. The Morgan fingerprint density at radius 1 is 1.19 bits per heavy atom. The zero-order valence-electron chi connectivity index (χ0n) is 9.15. The normalized spacial score (nSPS) is 17.8. The average Bonchev–Trinajstić information content (AvgIpc) is 3.01. The molecule has 0 aromatic heterocycles. The molecule has 0 saturated carbocycles. The van der Waals surface area contributed by atoms with Crippen LogP contribution in [-0.4, -0.2) is 37.9 Å². The first-order valence-electron chi connectivity index (χ1n) is 5.60. The number of ether oxygens (including phenoxy) is 3. The first kappa shape index (κ1) is 9.93. The molecule has 1 saturated heterocycles. The lowest BCUT2D eigenvalue weighted by Gasteiger charge is -2.05. The van der Waals surface area contributed by atoms with Crippen LogP contribution in [0.1, 0.15) is 5.56 Å². The lowest BCUT2D eigenvalue weighted by atomic mass is 10.2. The summed E-state index contributed by atoms with van der Waals surface area (Å²) >= 11 is 0. The maximum Gasteiger partial charge on any atom is 0.231 e. The third-order valence-corrected chi connectivity index (χ3v) is 2.80. The van der Waals surface area contributed by atoms with Gasteiger partial charge in [0.1, 0.15) is 0 Å². The van der Waals surface area contributed by atoms with Crippen molar-refractivity contribution in [3.05, 3.63) is 23.8 Å². The van der Waals surface area contributed by atoms with E-state index in [1.165, 1.54) is 13.1 Å². The summed E-state index contributed by atoms with van der Waals surface area (Å²) in [5.74, 6) is 1.65. The summed E-state index contributed by atoms with van der Waals surface area (Å²) in [5, 5.41) is 0. The summed E-state index contributed by atoms with van der Waals surface area (Å²) < 4.78 is 16.1. The average molecular weight is 221 g/mol. The second kappa shape index (κ2) is 4.31.